The molecule has 0 saturated carbocycles. The van der Waals surface area contributed by atoms with E-state index < -0.39 is 11.6 Å². The van der Waals surface area contributed by atoms with Crippen molar-refractivity contribution in [2.75, 3.05) is 0 Å². The molecule has 0 aliphatic heterocycles. The summed E-state index contributed by atoms with van der Waals surface area (Å²) in [6.45, 7) is 0.0826. The third-order valence-electron chi connectivity index (χ3n) is 2.83. The van der Waals surface area contributed by atoms with Gasteiger partial charge in [0.15, 0.2) is 11.6 Å². The number of aromatic nitrogens is 2. The molecule has 0 atom stereocenters. The van der Waals surface area contributed by atoms with Crippen molar-refractivity contribution >= 4 is 34.2 Å². The average molecular weight is 329 g/mol. The summed E-state index contributed by atoms with van der Waals surface area (Å²) in [7, 11) is 0. The molecule has 3 nitrogen and oxygen atoms in total. The van der Waals surface area contributed by atoms with Crippen molar-refractivity contribution in [2.24, 2.45) is 0 Å². The van der Waals surface area contributed by atoms with Gasteiger partial charge in [-0.25, -0.2) is 13.8 Å². The lowest BCUT2D eigenvalue weighted by Crippen LogP contribution is -1.97. The van der Waals surface area contributed by atoms with Gasteiger partial charge in [0.25, 0.3) is 0 Å². The third-order valence-corrected chi connectivity index (χ3v) is 3.36. The summed E-state index contributed by atoms with van der Waals surface area (Å²) in [5.74, 6) is -0.999. The Morgan fingerprint density at radius 3 is 2.62 bits per heavy atom. The predicted octanol–water partition coefficient (Wildman–Crippen LogP) is 4.73. The standard InChI is InChI=1S/C14H8Cl2F2N2O/c15-7-1-2-13(8(16)3-7)21-6-14-19-11-4-9(17)10(18)5-12(11)20-14/h1-5H,6H2,(H,19,20). The van der Waals surface area contributed by atoms with Gasteiger partial charge in [-0.1, -0.05) is 23.2 Å². The van der Waals surface area contributed by atoms with Crippen LogP contribution in [-0.4, -0.2) is 9.97 Å². The Morgan fingerprint density at radius 1 is 1.10 bits per heavy atom. The van der Waals surface area contributed by atoms with Crippen molar-refractivity contribution in [3.63, 3.8) is 0 Å². The topological polar surface area (TPSA) is 37.9 Å². The van der Waals surface area contributed by atoms with Gasteiger partial charge in [-0.05, 0) is 18.2 Å². The third kappa shape index (κ3) is 2.94. The van der Waals surface area contributed by atoms with Gasteiger partial charge in [-0.15, -0.1) is 0 Å². The zero-order chi connectivity index (χ0) is 15.0. The highest BCUT2D eigenvalue weighted by Crippen LogP contribution is 2.28. The van der Waals surface area contributed by atoms with E-state index in [2.05, 4.69) is 9.97 Å². The van der Waals surface area contributed by atoms with Crippen LogP contribution in [0.25, 0.3) is 11.0 Å². The van der Waals surface area contributed by atoms with Crippen molar-refractivity contribution in [2.45, 2.75) is 6.61 Å². The summed E-state index contributed by atoms with van der Waals surface area (Å²) in [6, 6.07) is 6.91. The molecular weight excluding hydrogens is 321 g/mol. The van der Waals surface area contributed by atoms with Gasteiger partial charge in [-0.2, -0.15) is 0 Å². The van der Waals surface area contributed by atoms with Gasteiger partial charge in [0.2, 0.25) is 0 Å². The fourth-order valence-electron chi connectivity index (χ4n) is 1.86. The summed E-state index contributed by atoms with van der Waals surface area (Å²) >= 11 is 11.8. The van der Waals surface area contributed by atoms with E-state index in [-0.39, 0.29) is 6.61 Å². The van der Waals surface area contributed by atoms with Crippen molar-refractivity contribution in [3.8, 4) is 5.75 Å². The van der Waals surface area contributed by atoms with E-state index in [0.29, 0.717) is 32.7 Å². The number of nitrogens with one attached hydrogen (secondary N) is 1. The zero-order valence-corrected chi connectivity index (χ0v) is 12.0. The monoisotopic (exact) mass is 328 g/mol. The van der Waals surface area contributed by atoms with Gasteiger partial charge in [0.05, 0.1) is 16.1 Å². The maximum absolute atomic E-state index is 13.1. The van der Waals surface area contributed by atoms with Crippen LogP contribution in [0.5, 0.6) is 5.75 Å². The van der Waals surface area contributed by atoms with Crippen LogP contribution in [-0.2, 0) is 6.61 Å². The highest BCUT2D eigenvalue weighted by atomic mass is 35.5. The quantitative estimate of drug-likeness (QED) is 0.754. The molecule has 0 unspecified atom stereocenters. The van der Waals surface area contributed by atoms with E-state index in [4.69, 9.17) is 27.9 Å². The number of hydrogen-bond acceptors (Lipinski definition) is 2. The first-order chi connectivity index (χ1) is 10.0. The number of fused-ring (bicyclic) bond motifs is 1. The van der Waals surface area contributed by atoms with Crippen LogP contribution < -0.4 is 4.74 Å². The number of imidazole rings is 1. The normalized spacial score (nSPS) is 11.0. The van der Waals surface area contributed by atoms with E-state index in [1.54, 1.807) is 18.2 Å². The molecule has 108 valence electrons. The molecule has 0 aliphatic carbocycles. The molecule has 21 heavy (non-hydrogen) atoms. The molecule has 0 aliphatic rings. The van der Waals surface area contributed by atoms with E-state index >= 15 is 0 Å². The van der Waals surface area contributed by atoms with Crippen LogP contribution in [0.15, 0.2) is 30.3 Å². The first-order valence-electron chi connectivity index (χ1n) is 5.94. The number of ether oxygens (including phenoxy) is 1. The minimum atomic E-state index is -0.942. The number of rotatable bonds is 3. The minimum Gasteiger partial charge on any atom is -0.484 e. The molecule has 3 rings (SSSR count). The van der Waals surface area contributed by atoms with E-state index in [1.165, 1.54) is 0 Å². The predicted molar refractivity (Wildman–Crippen MR) is 76.8 cm³/mol. The van der Waals surface area contributed by atoms with Crippen molar-refractivity contribution < 1.29 is 13.5 Å². The van der Waals surface area contributed by atoms with Crippen LogP contribution in [0.1, 0.15) is 5.82 Å². The molecule has 0 spiro atoms. The van der Waals surface area contributed by atoms with Gasteiger partial charge < -0.3 is 9.72 Å². The number of nitrogens with zero attached hydrogens (tertiary/aromatic N) is 1. The fourth-order valence-corrected chi connectivity index (χ4v) is 2.33. The number of hydrogen-bond donors (Lipinski definition) is 1. The first kappa shape index (κ1) is 14.1. The Balaban J connectivity index is 1.82. The summed E-state index contributed by atoms with van der Waals surface area (Å²) < 4.78 is 31.7. The van der Waals surface area contributed by atoms with Crippen LogP contribution >= 0.6 is 23.2 Å². The summed E-state index contributed by atoms with van der Waals surface area (Å²) in [5, 5.41) is 0.873. The molecule has 2 aromatic carbocycles. The summed E-state index contributed by atoms with van der Waals surface area (Å²) in [5.41, 5.74) is 0.726. The molecule has 0 radical (unpaired) electrons. The maximum atomic E-state index is 13.1. The number of aromatic amines is 1. The highest BCUT2D eigenvalue weighted by molar-refractivity contribution is 6.35. The second-order valence-electron chi connectivity index (χ2n) is 4.33. The Kier molecular flexibility index (Phi) is 3.69. The van der Waals surface area contributed by atoms with E-state index in [9.17, 15) is 8.78 Å². The van der Waals surface area contributed by atoms with Gasteiger partial charge in [-0.3, -0.25) is 0 Å². The molecule has 1 heterocycles. The van der Waals surface area contributed by atoms with Gasteiger partial charge in [0.1, 0.15) is 18.2 Å². The summed E-state index contributed by atoms with van der Waals surface area (Å²) in [4.78, 5) is 6.97. The van der Waals surface area contributed by atoms with Crippen LogP contribution in [0.4, 0.5) is 8.78 Å². The van der Waals surface area contributed by atoms with Crippen molar-refractivity contribution in [1.82, 2.24) is 9.97 Å². The molecular formula is C14H8Cl2F2N2O. The number of halogens is 4. The van der Waals surface area contributed by atoms with Gasteiger partial charge >= 0.3 is 0 Å². The average Bonchev–Trinajstić information content (AvgIpc) is 2.80. The van der Waals surface area contributed by atoms with Gasteiger partial charge in [0, 0.05) is 17.2 Å². The van der Waals surface area contributed by atoms with Crippen LogP contribution in [0, 0.1) is 11.6 Å². The van der Waals surface area contributed by atoms with Crippen molar-refractivity contribution in [3.05, 3.63) is 57.8 Å². The molecule has 3 aromatic rings. The Bertz CT molecular complexity index is 781. The molecule has 0 fully saturated rings. The van der Waals surface area contributed by atoms with E-state index in [1.807, 2.05) is 0 Å². The molecule has 7 heteroatoms. The number of H-pyrrole nitrogens is 1. The second-order valence-corrected chi connectivity index (χ2v) is 5.17. The van der Waals surface area contributed by atoms with Crippen molar-refractivity contribution in [1.29, 1.82) is 0 Å². The molecule has 0 bridgehead atoms. The molecule has 1 aromatic heterocycles. The lowest BCUT2D eigenvalue weighted by molar-refractivity contribution is 0.298. The second kappa shape index (κ2) is 5.50. The smallest absolute Gasteiger partial charge is 0.161 e. The molecule has 0 saturated heterocycles. The Hall–Kier alpha value is -1.85. The lowest BCUT2D eigenvalue weighted by atomic mass is 10.3. The maximum Gasteiger partial charge on any atom is 0.161 e. The number of benzene rings is 2. The highest BCUT2D eigenvalue weighted by Gasteiger charge is 2.10. The van der Waals surface area contributed by atoms with E-state index in [0.717, 1.165) is 12.1 Å². The van der Waals surface area contributed by atoms with Crippen LogP contribution in [0.2, 0.25) is 10.0 Å². The SMILES string of the molecule is Fc1cc2nc(COc3ccc(Cl)cc3Cl)[nH]c2cc1F. The summed E-state index contributed by atoms with van der Waals surface area (Å²) in [6.07, 6.45) is 0. The first-order valence-corrected chi connectivity index (χ1v) is 6.70. The minimum absolute atomic E-state index is 0.0826. The fraction of sp³-hybridized carbons (Fsp3) is 0.0714. The van der Waals surface area contributed by atoms with Crippen LogP contribution in [0.3, 0.4) is 0 Å². The lowest BCUT2D eigenvalue weighted by Gasteiger charge is -2.06. The molecule has 1 N–H and O–H groups in total. The largest absolute Gasteiger partial charge is 0.484 e. The zero-order valence-electron chi connectivity index (χ0n) is 10.5. The Morgan fingerprint density at radius 2 is 1.86 bits per heavy atom. The Labute approximate surface area is 128 Å². The molecule has 0 amide bonds.